The van der Waals surface area contributed by atoms with Gasteiger partial charge in [0.15, 0.2) is 0 Å². The standard InChI is InChI=1S/C13H17N3O2S/c1-4-15(5-2)10(17)6-16-8-14-12-11(13(16)18)9(3)7-19-12/h7-8H,4-6H2,1-3H3. The molecule has 0 aliphatic heterocycles. The Morgan fingerprint density at radius 2 is 2.11 bits per heavy atom. The molecule has 1 amide bonds. The van der Waals surface area contributed by atoms with Crippen LogP contribution in [0.25, 0.3) is 10.2 Å². The van der Waals surface area contributed by atoms with E-state index in [0.29, 0.717) is 18.5 Å². The van der Waals surface area contributed by atoms with Crippen LogP contribution >= 0.6 is 11.3 Å². The van der Waals surface area contributed by atoms with Crippen molar-refractivity contribution in [3.63, 3.8) is 0 Å². The van der Waals surface area contributed by atoms with Gasteiger partial charge < -0.3 is 4.90 Å². The second kappa shape index (κ2) is 5.52. The van der Waals surface area contributed by atoms with Crippen molar-refractivity contribution in [1.82, 2.24) is 14.5 Å². The third kappa shape index (κ3) is 2.53. The van der Waals surface area contributed by atoms with Crippen molar-refractivity contribution in [2.45, 2.75) is 27.3 Å². The Morgan fingerprint density at radius 3 is 2.74 bits per heavy atom. The van der Waals surface area contributed by atoms with Gasteiger partial charge in [0.1, 0.15) is 11.4 Å². The van der Waals surface area contributed by atoms with Gasteiger partial charge in [0, 0.05) is 13.1 Å². The number of aryl methyl sites for hydroxylation is 1. The molecule has 2 aromatic heterocycles. The highest BCUT2D eigenvalue weighted by Gasteiger charge is 2.14. The fraction of sp³-hybridized carbons (Fsp3) is 0.462. The zero-order valence-electron chi connectivity index (χ0n) is 11.3. The van der Waals surface area contributed by atoms with E-state index in [1.807, 2.05) is 26.2 Å². The number of thiophene rings is 1. The van der Waals surface area contributed by atoms with E-state index in [0.717, 1.165) is 10.4 Å². The minimum Gasteiger partial charge on any atom is -0.342 e. The SMILES string of the molecule is CCN(CC)C(=O)Cn1cnc2scc(C)c2c1=O. The van der Waals surface area contributed by atoms with Crippen molar-refractivity contribution < 1.29 is 4.79 Å². The zero-order chi connectivity index (χ0) is 14.0. The fourth-order valence-corrected chi connectivity index (χ4v) is 2.92. The molecule has 0 atom stereocenters. The molecule has 102 valence electrons. The smallest absolute Gasteiger partial charge is 0.262 e. The summed E-state index contributed by atoms with van der Waals surface area (Å²) in [6, 6.07) is 0. The molecule has 5 nitrogen and oxygen atoms in total. The van der Waals surface area contributed by atoms with Crippen LogP contribution in [0.4, 0.5) is 0 Å². The number of nitrogens with zero attached hydrogens (tertiary/aromatic N) is 3. The fourth-order valence-electron chi connectivity index (χ4n) is 2.04. The lowest BCUT2D eigenvalue weighted by atomic mass is 10.3. The lowest BCUT2D eigenvalue weighted by Gasteiger charge is -2.18. The maximum absolute atomic E-state index is 12.3. The van der Waals surface area contributed by atoms with Gasteiger partial charge in [0.25, 0.3) is 5.56 Å². The van der Waals surface area contributed by atoms with Gasteiger partial charge in [-0.3, -0.25) is 14.2 Å². The second-order valence-corrected chi connectivity index (χ2v) is 5.20. The number of hydrogen-bond acceptors (Lipinski definition) is 4. The number of carbonyl (C=O) groups is 1. The molecule has 0 bridgehead atoms. The summed E-state index contributed by atoms with van der Waals surface area (Å²) in [4.78, 5) is 31.0. The Morgan fingerprint density at radius 1 is 1.42 bits per heavy atom. The third-order valence-corrected chi connectivity index (χ3v) is 4.17. The van der Waals surface area contributed by atoms with E-state index < -0.39 is 0 Å². The van der Waals surface area contributed by atoms with Gasteiger partial charge in [-0.25, -0.2) is 4.98 Å². The molecule has 2 rings (SSSR count). The summed E-state index contributed by atoms with van der Waals surface area (Å²) in [5.74, 6) is -0.0545. The molecule has 0 radical (unpaired) electrons. The van der Waals surface area contributed by atoms with E-state index in [-0.39, 0.29) is 18.0 Å². The van der Waals surface area contributed by atoms with Crippen molar-refractivity contribution in [3.8, 4) is 0 Å². The number of rotatable bonds is 4. The Hall–Kier alpha value is -1.69. The molecule has 19 heavy (non-hydrogen) atoms. The largest absolute Gasteiger partial charge is 0.342 e. The summed E-state index contributed by atoms with van der Waals surface area (Å²) in [5.41, 5.74) is 0.784. The maximum Gasteiger partial charge on any atom is 0.262 e. The van der Waals surface area contributed by atoms with E-state index in [9.17, 15) is 9.59 Å². The molecule has 0 aliphatic carbocycles. The first-order valence-corrected chi connectivity index (χ1v) is 7.17. The predicted molar refractivity (Wildman–Crippen MR) is 76.5 cm³/mol. The summed E-state index contributed by atoms with van der Waals surface area (Å²) in [5, 5.41) is 2.54. The number of amides is 1. The van der Waals surface area contributed by atoms with Gasteiger partial charge in [-0.2, -0.15) is 0 Å². The van der Waals surface area contributed by atoms with Gasteiger partial charge in [0.05, 0.1) is 11.7 Å². The highest BCUT2D eigenvalue weighted by atomic mass is 32.1. The highest BCUT2D eigenvalue weighted by Crippen LogP contribution is 2.19. The van der Waals surface area contributed by atoms with Crippen LogP contribution in [0.5, 0.6) is 0 Å². The lowest BCUT2D eigenvalue weighted by Crippen LogP contribution is -2.36. The van der Waals surface area contributed by atoms with Gasteiger partial charge in [-0.1, -0.05) is 0 Å². The van der Waals surface area contributed by atoms with Gasteiger partial charge >= 0.3 is 0 Å². The molecule has 2 aromatic rings. The van der Waals surface area contributed by atoms with E-state index in [1.165, 1.54) is 22.2 Å². The summed E-state index contributed by atoms with van der Waals surface area (Å²) in [7, 11) is 0. The molecule has 6 heteroatoms. The molecular weight excluding hydrogens is 262 g/mol. The van der Waals surface area contributed by atoms with Crippen molar-refractivity contribution >= 4 is 27.5 Å². The maximum atomic E-state index is 12.3. The van der Waals surface area contributed by atoms with E-state index >= 15 is 0 Å². The minimum absolute atomic E-state index is 0.0543. The zero-order valence-corrected chi connectivity index (χ0v) is 12.2. The molecule has 2 heterocycles. The predicted octanol–water partition coefficient (Wildman–Crippen LogP) is 1.63. The second-order valence-electron chi connectivity index (χ2n) is 4.34. The van der Waals surface area contributed by atoms with Crippen LogP contribution in [0.15, 0.2) is 16.5 Å². The van der Waals surface area contributed by atoms with Crippen molar-refractivity contribution in [3.05, 3.63) is 27.6 Å². The number of carbonyl (C=O) groups excluding carboxylic acids is 1. The quantitative estimate of drug-likeness (QED) is 0.855. The molecule has 0 aromatic carbocycles. The van der Waals surface area contributed by atoms with E-state index in [1.54, 1.807) is 4.90 Å². The van der Waals surface area contributed by atoms with Crippen LogP contribution in [0, 0.1) is 6.92 Å². The van der Waals surface area contributed by atoms with Crippen molar-refractivity contribution in [1.29, 1.82) is 0 Å². The molecule has 0 N–H and O–H groups in total. The van der Waals surface area contributed by atoms with Crippen LogP contribution in [-0.4, -0.2) is 33.4 Å². The van der Waals surface area contributed by atoms with Crippen LogP contribution in [0.3, 0.4) is 0 Å². The molecule has 0 saturated heterocycles. The molecule has 0 fully saturated rings. The lowest BCUT2D eigenvalue weighted by molar-refractivity contribution is -0.131. The first-order valence-electron chi connectivity index (χ1n) is 6.29. The third-order valence-electron chi connectivity index (χ3n) is 3.17. The Labute approximate surface area is 115 Å². The number of aromatic nitrogens is 2. The van der Waals surface area contributed by atoms with E-state index in [4.69, 9.17) is 0 Å². The number of hydrogen-bond donors (Lipinski definition) is 0. The Kier molecular flexibility index (Phi) is 3.99. The van der Waals surface area contributed by atoms with Crippen LogP contribution in [0.1, 0.15) is 19.4 Å². The summed E-state index contributed by atoms with van der Waals surface area (Å²) < 4.78 is 1.39. The van der Waals surface area contributed by atoms with Crippen molar-refractivity contribution in [2.75, 3.05) is 13.1 Å². The van der Waals surface area contributed by atoms with Crippen LogP contribution in [-0.2, 0) is 11.3 Å². The average Bonchev–Trinajstić information content (AvgIpc) is 2.77. The molecule has 0 aliphatic rings. The summed E-state index contributed by atoms with van der Waals surface area (Å²) in [6.07, 6.45) is 1.46. The average molecular weight is 279 g/mol. The molecule has 0 unspecified atom stereocenters. The highest BCUT2D eigenvalue weighted by molar-refractivity contribution is 7.16. The first-order chi connectivity index (χ1) is 9.08. The topological polar surface area (TPSA) is 55.2 Å². The van der Waals surface area contributed by atoms with E-state index in [2.05, 4.69) is 4.98 Å². The van der Waals surface area contributed by atoms with Gasteiger partial charge in [0.2, 0.25) is 5.91 Å². The number of likely N-dealkylation sites (N-methyl/N-ethyl adjacent to an activating group) is 1. The van der Waals surface area contributed by atoms with Crippen LogP contribution < -0.4 is 5.56 Å². The normalized spacial score (nSPS) is 10.9. The first kappa shape index (κ1) is 13.7. The summed E-state index contributed by atoms with van der Waals surface area (Å²) >= 11 is 1.45. The molecule has 0 saturated carbocycles. The molecule has 0 spiro atoms. The Bertz CT molecular complexity index is 655. The molecular formula is C13H17N3O2S. The van der Waals surface area contributed by atoms with Crippen molar-refractivity contribution in [2.24, 2.45) is 0 Å². The minimum atomic E-state index is -0.135. The Balaban J connectivity index is 2.36. The van der Waals surface area contributed by atoms with Crippen LogP contribution in [0.2, 0.25) is 0 Å². The monoisotopic (exact) mass is 279 g/mol. The van der Waals surface area contributed by atoms with Gasteiger partial charge in [-0.15, -0.1) is 11.3 Å². The van der Waals surface area contributed by atoms with Gasteiger partial charge in [-0.05, 0) is 31.7 Å². The summed E-state index contributed by atoms with van der Waals surface area (Å²) in [6.45, 7) is 7.09. The number of fused-ring (bicyclic) bond motifs is 1.